The maximum Gasteiger partial charge on any atom is 0.243 e. The molecule has 0 aliphatic carbocycles. The SMILES string of the molecule is N#Cc1ccc(S(=O)(=O)NC[C@@H]2CCn3ccnc3C2)c(F)c1. The van der Waals surface area contributed by atoms with E-state index in [0.29, 0.717) is 6.42 Å². The Morgan fingerprint density at radius 2 is 2.30 bits per heavy atom. The molecule has 0 radical (unpaired) electrons. The summed E-state index contributed by atoms with van der Waals surface area (Å²) in [5.74, 6) is 0.141. The maximum atomic E-state index is 13.9. The second kappa shape index (κ2) is 6.10. The summed E-state index contributed by atoms with van der Waals surface area (Å²) in [6.07, 6.45) is 5.16. The smallest absolute Gasteiger partial charge is 0.243 e. The molecule has 1 N–H and O–H groups in total. The van der Waals surface area contributed by atoms with Crippen molar-refractivity contribution in [1.82, 2.24) is 14.3 Å². The van der Waals surface area contributed by atoms with Crippen LogP contribution in [0.3, 0.4) is 0 Å². The van der Waals surface area contributed by atoms with Crippen LogP contribution in [0.25, 0.3) is 0 Å². The van der Waals surface area contributed by atoms with E-state index < -0.39 is 20.7 Å². The zero-order valence-electron chi connectivity index (χ0n) is 12.2. The van der Waals surface area contributed by atoms with Crippen LogP contribution in [-0.4, -0.2) is 24.5 Å². The number of fused-ring (bicyclic) bond motifs is 1. The summed E-state index contributed by atoms with van der Waals surface area (Å²) in [6, 6.07) is 5.10. The minimum Gasteiger partial charge on any atom is -0.335 e. The lowest BCUT2D eigenvalue weighted by Crippen LogP contribution is -2.33. The zero-order valence-corrected chi connectivity index (χ0v) is 13.1. The van der Waals surface area contributed by atoms with Crippen LogP contribution in [0.1, 0.15) is 17.8 Å². The Morgan fingerprint density at radius 1 is 1.48 bits per heavy atom. The van der Waals surface area contributed by atoms with Crippen LogP contribution in [0.4, 0.5) is 4.39 Å². The number of nitriles is 1. The fraction of sp³-hybridized carbons (Fsp3) is 0.333. The second-order valence-electron chi connectivity index (χ2n) is 5.50. The van der Waals surface area contributed by atoms with Crippen LogP contribution in [-0.2, 0) is 23.0 Å². The molecule has 0 saturated carbocycles. The van der Waals surface area contributed by atoms with Crippen LogP contribution in [0.15, 0.2) is 35.5 Å². The van der Waals surface area contributed by atoms with E-state index in [9.17, 15) is 12.8 Å². The third-order valence-electron chi connectivity index (χ3n) is 3.96. The molecule has 1 aromatic heterocycles. The highest BCUT2D eigenvalue weighted by atomic mass is 32.2. The Labute approximate surface area is 133 Å². The van der Waals surface area contributed by atoms with E-state index in [0.717, 1.165) is 30.9 Å². The number of halogens is 1. The van der Waals surface area contributed by atoms with Gasteiger partial charge in [0.05, 0.1) is 11.6 Å². The monoisotopic (exact) mass is 334 g/mol. The first-order valence-electron chi connectivity index (χ1n) is 7.19. The number of imidazole rings is 1. The van der Waals surface area contributed by atoms with Crippen molar-refractivity contribution in [2.45, 2.75) is 24.3 Å². The lowest BCUT2D eigenvalue weighted by atomic mass is 9.98. The molecule has 1 aliphatic rings. The van der Waals surface area contributed by atoms with Crippen LogP contribution >= 0.6 is 0 Å². The molecule has 0 unspecified atom stereocenters. The fourth-order valence-electron chi connectivity index (χ4n) is 2.68. The lowest BCUT2D eigenvalue weighted by Gasteiger charge is -2.23. The van der Waals surface area contributed by atoms with Gasteiger partial charge in [-0.2, -0.15) is 5.26 Å². The van der Waals surface area contributed by atoms with Gasteiger partial charge in [-0.05, 0) is 30.5 Å². The highest BCUT2D eigenvalue weighted by molar-refractivity contribution is 7.89. The van der Waals surface area contributed by atoms with Crippen molar-refractivity contribution in [3.63, 3.8) is 0 Å². The quantitative estimate of drug-likeness (QED) is 0.916. The van der Waals surface area contributed by atoms with E-state index in [-0.39, 0.29) is 18.0 Å². The van der Waals surface area contributed by atoms with Gasteiger partial charge < -0.3 is 4.57 Å². The number of aromatic nitrogens is 2. The summed E-state index contributed by atoms with van der Waals surface area (Å²) >= 11 is 0. The van der Waals surface area contributed by atoms with Gasteiger partial charge in [-0.1, -0.05) is 0 Å². The van der Waals surface area contributed by atoms with Crippen molar-refractivity contribution in [2.75, 3.05) is 6.54 Å². The van der Waals surface area contributed by atoms with Crippen molar-refractivity contribution < 1.29 is 12.8 Å². The van der Waals surface area contributed by atoms with Gasteiger partial charge in [-0.3, -0.25) is 0 Å². The minimum absolute atomic E-state index is 0.0839. The van der Waals surface area contributed by atoms with Gasteiger partial charge in [-0.15, -0.1) is 0 Å². The third-order valence-corrected chi connectivity index (χ3v) is 5.42. The van der Waals surface area contributed by atoms with Crippen LogP contribution in [0, 0.1) is 23.1 Å². The number of benzene rings is 1. The average molecular weight is 334 g/mol. The predicted molar refractivity (Wildman–Crippen MR) is 80.3 cm³/mol. The molecule has 3 rings (SSSR count). The highest BCUT2D eigenvalue weighted by Crippen LogP contribution is 2.20. The van der Waals surface area contributed by atoms with Crippen molar-refractivity contribution in [3.05, 3.63) is 47.8 Å². The first-order chi connectivity index (χ1) is 11.0. The lowest BCUT2D eigenvalue weighted by molar-refractivity contribution is 0.379. The van der Waals surface area contributed by atoms with Gasteiger partial charge in [0.25, 0.3) is 0 Å². The molecule has 1 atom stereocenters. The van der Waals surface area contributed by atoms with Gasteiger partial charge in [0.1, 0.15) is 16.5 Å². The summed E-state index contributed by atoms with van der Waals surface area (Å²) in [4.78, 5) is 3.80. The number of hydrogen-bond donors (Lipinski definition) is 1. The third kappa shape index (κ3) is 3.25. The fourth-order valence-corrected chi connectivity index (χ4v) is 3.86. The zero-order chi connectivity index (χ0) is 16.4. The molecule has 1 aliphatic heterocycles. The summed E-state index contributed by atoms with van der Waals surface area (Å²) in [5.41, 5.74) is 0.0839. The topological polar surface area (TPSA) is 87.8 Å². The molecule has 0 amide bonds. The standard InChI is InChI=1S/C15H15FN4O2S/c16-13-7-11(9-17)1-2-14(13)23(21,22)19-10-12-3-5-20-6-4-18-15(20)8-12/h1-2,4,6-7,12,19H,3,5,8,10H2/t12-/m1/s1. The summed E-state index contributed by atoms with van der Waals surface area (Å²) < 4.78 is 42.8. The van der Waals surface area contributed by atoms with E-state index in [1.165, 1.54) is 6.07 Å². The molecule has 2 aromatic rings. The predicted octanol–water partition coefficient (Wildman–Crippen LogP) is 1.43. The second-order valence-corrected chi connectivity index (χ2v) is 7.24. The molecule has 0 bridgehead atoms. The first-order valence-corrected chi connectivity index (χ1v) is 8.67. The van der Waals surface area contributed by atoms with E-state index in [4.69, 9.17) is 5.26 Å². The van der Waals surface area contributed by atoms with E-state index in [1.807, 2.05) is 10.8 Å². The Balaban J connectivity index is 1.69. The molecular formula is C15H15FN4O2S. The van der Waals surface area contributed by atoms with Crippen molar-refractivity contribution >= 4 is 10.0 Å². The van der Waals surface area contributed by atoms with Crippen molar-refractivity contribution in [3.8, 4) is 6.07 Å². The van der Waals surface area contributed by atoms with Gasteiger partial charge in [0, 0.05) is 31.9 Å². The summed E-state index contributed by atoms with van der Waals surface area (Å²) in [7, 11) is -3.94. The summed E-state index contributed by atoms with van der Waals surface area (Å²) in [5, 5.41) is 8.70. The number of aryl methyl sites for hydroxylation is 1. The number of sulfonamides is 1. The molecule has 0 spiro atoms. The molecule has 6 nitrogen and oxygen atoms in total. The van der Waals surface area contributed by atoms with Gasteiger partial charge in [0.15, 0.2) is 0 Å². The van der Waals surface area contributed by atoms with Crippen LogP contribution in [0.2, 0.25) is 0 Å². The molecule has 23 heavy (non-hydrogen) atoms. The van der Waals surface area contributed by atoms with E-state index in [1.54, 1.807) is 12.3 Å². The Morgan fingerprint density at radius 3 is 3.04 bits per heavy atom. The number of nitrogens with one attached hydrogen (secondary N) is 1. The van der Waals surface area contributed by atoms with Gasteiger partial charge >= 0.3 is 0 Å². The molecule has 2 heterocycles. The maximum absolute atomic E-state index is 13.9. The molecule has 1 aromatic carbocycles. The Bertz CT molecular complexity index is 870. The number of nitrogens with zero attached hydrogens (tertiary/aromatic N) is 3. The molecule has 0 fully saturated rings. The average Bonchev–Trinajstić information content (AvgIpc) is 3.00. The van der Waals surface area contributed by atoms with Gasteiger partial charge in [0.2, 0.25) is 10.0 Å². The molecule has 120 valence electrons. The first kappa shape index (κ1) is 15.6. The van der Waals surface area contributed by atoms with E-state index >= 15 is 0 Å². The number of rotatable bonds is 4. The largest absolute Gasteiger partial charge is 0.335 e. The normalized spacial score (nSPS) is 17.5. The van der Waals surface area contributed by atoms with Crippen molar-refractivity contribution in [2.24, 2.45) is 5.92 Å². The molecule has 0 saturated heterocycles. The number of hydrogen-bond acceptors (Lipinski definition) is 4. The molecule has 8 heteroatoms. The molecular weight excluding hydrogens is 319 g/mol. The summed E-state index contributed by atoms with van der Waals surface area (Å²) in [6.45, 7) is 1.03. The van der Waals surface area contributed by atoms with Crippen molar-refractivity contribution in [1.29, 1.82) is 5.26 Å². The van der Waals surface area contributed by atoms with Crippen LogP contribution < -0.4 is 4.72 Å². The minimum atomic E-state index is -3.94. The Kier molecular flexibility index (Phi) is 4.15. The van der Waals surface area contributed by atoms with Crippen LogP contribution in [0.5, 0.6) is 0 Å². The van der Waals surface area contributed by atoms with Gasteiger partial charge in [-0.25, -0.2) is 22.5 Å². The Hall–Kier alpha value is -2.24. The van der Waals surface area contributed by atoms with E-state index in [2.05, 4.69) is 9.71 Å². The highest BCUT2D eigenvalue weighted by Gasteiger charge is 2.24.